The van der Waals surface area contributed by atoms with E-state index in [1.165, 1.54) is 14.2 Å². The van der Waals surface area contributed by atoms with Crippen molar-refractivity contribution in [2.75, 3.05) is 27.4 Å². The van der Waals surface area contributed by atoms with E-state index in [2.05, 4.69) is 0 Å². The molecule has 3 rings (SSSR count). The van der Waals surface area contributed by atoms with E-state index in [-0.39, 0.29) is 35.4 Å². The number of methoxy groups -OCH3 is 2. The number of fused-ring (bicyclic) bond motifs is 1. The van der Waals surface area contributed by atoms with Crippen LogP contribution in [0.25, 0.3) is 0 Å². The van der Waals surface area contributed by atoms with Gasteiger partial charge in [0.1, 0.15) is 0 Å². The number of hydrogen-bond acceptors (Lipinski definition) is 6. The van der Waals surface area contributed by atoms with E-state index in [0.717, 1.165) is 5.56 Å². The highest BCUT2D eigenvalue weighted by molar-refractivity contribution is 5.75. The molecule has 2 saturated heterocycles. The highest BCUT2D eigenvalue weighted by Crippen LogP contribution is 2.46. The maximum atomic E-state index is 11.5. The molecule has 0 saturated carbocycles. The summed E-state index contributed by atoms with van der Waals surface area (Å²) in [5.41, 5.74) is 0.756. The van der Waals surface area contributed by atoms with Crippen LogP contribution in [0.5, 0.6) is 17.2 Å². The molecule has 20 heavy (non-hydrogen) atoms. The minimum absolute atomic E-state index is 0.0139. The van der Waals surface area contributed by atoms with Gasteiger partial charge in [-0.3, -0.25) is 4.79 Å². The number of ether oxygens (including phenoxy) is 4. The first-order chi connectivity index (χ1) is 9.65. The number of hydrogen-bond donors (Lipinski definition) is 1. The fourth-order valence-electron chi connectivity index (χ4n) is 2.87. The van der Waals surface area contributed by atoms with Gasteiger partial charge in [0.2, 0.25) is 5.75 Å². The van der Waals surface area contributed by atoms with Crippen LogP contribution in [0.4, 0.5) is 0 Å². The first kappa shape index (κ1) is 13.1. The molecule has 2 aliphatic rings. The van der Waals surface area contributed by atoms with Crippen molar-refractivity contribution in [3.8, 4) is 17.2 Å². The van der Waals surface area contributed by atoms with E-state index in [1.807, 2.05) is 0 Å². The van der Waals surface area contributed by atoms with Crippen LogP contribution < -0.4 is 9.47 Å². The van der Waals surface area contributed by atoms with Crippen molar-refractivity contribution in [1.29, 1.82) is 0 Å². The van der Waals surface area contributed by atoms with Gasteiger partial charge in [0.15, 0.2) is 11.5 Å². The van der Waals surface area contributed by atoms with Gasteiger partial charge < -0.3 is 24.1 Å². The summed E-state index contributed by atoms with van der Waals surface area (Å²) in [6.45, 7) is 0.701. The Labute approximate surface area is 116 Å². The summed E-state index contributed by atoms with van der Waals surface area (Å²) >= 11 is 0. The van der Waals surface area contributed by atoms with Gasteiger partial charge in [0, 0.05) is 5.92 Å². The van der Waals surface area contributed by atoms with Crippen LogP contribution in [0.2, 0.25) is 0 Å². The minimum Gasteiger partial charge on any atom is -0.504 e. The van der Waals surface area contributed by atoms with Gasteiger partial charge in [-0.05, 0) is 17.7 Å². The number of aromatic hydroxyl groups is 1. The summed E-state index contributed by atoms with van der Waals surface area (Å²) in [5, 5.41) is 10.00. The van der Waals surface area contributed by atoms with Gasteiger partial charge in [-0.2, -0.15) is 0 Å². The Balaban J connectivity index is 1.95. The largest absolute Gasteiger partial charge is 0.504 e. The molecule has 0 bridgehead atoms. The third kappa shape index (κ3) is 1.87. The number of phenolic OH excluding ortho intramolecular Hbond substituents is 1. The maximum absolute atomic E-state index is 11.5. The van der Waals surface area contributed by atoms with Gasteiger partial charge in [0.05, 0.1) is 39.5 Å². The van der Waals surface area contributed by atoms with Crippen LogP contribution in [-0.4, -0.2) is 38.5 Å². The third-order valence-corrected chi connectivity index (χ3v) is 3.89. The van der Waals surface area contributed by atoms with Crippen molar-refractivity contribution in [2.24, 2.45) is 11.8 Å². The molecule has 3 atom stereocenters. The lowest BCUT2D eigenvalue weighted by Crippen LogP contribution is -2.14. The van der Waals surface area contributed by atoms with Crippen molar-refractivity contribution >= 4 is 5.97 Å². The Hall–Kier alpha value is -1.95. The Morgan fingerprint density at radius 3 is 2.75 bits per heavy atom. The Kier molecular flexibility index (Phi) is 3.17. The van der Waals surface area contributed by atoms with Gasteiger partial charge in [-0.25, -0.2) is 0 Å². The van der Waals surface area contributed by atoms with E-state index in [9.17, 15) is 9.90 Å². The molecular formula is C14H16O6. The molecule has 6 nitrogen and oxygen atoms in total. The molecule has 2 aliphatic heterocycles. The molecule has 0 aromatic heterocycles. The van der Waals surface area contributed by atoms with E-state index in [1.54, 1.807) is 12.1 Å². The zero-order chi connectivity index (χ0) is 14.3. The summed E-state index contributed by atoms with van der Waals surface area (Å²) in [6, 6.07) is 3.34. The topological polar surface area (TPSA) is 74.2 Å². The lowest BCUT2D eigenvalue weighted by Gasteiger charge is -2.18. The molecule has 1 aromatic carbocycles. The number of cyclic esters (lactones) is 1. The molecule has 0 amide bonds. The second-order valence-corrected chi connectivity index (χ2v) is 4.93. The van der Waals surface area contributed by atoms with Crippen LogP contribution in [0.1, 0.15) is 11.7 Å². The standard InChI is InChI=1S/C14H16O6/c1-17-11-4-7(3-10(15)13(11)18-2)12-8-5-20-14(16)9(8)6-19-12/h3-4,8-9,12,15H,5-6H2,1-2H3/t8-,9-,12+/m0/s1. The molecule has 6 heteroatoms. The molecule has 108 valence electrons. The van der Waals surface area contributed by atoms with Gasteiger partial charge in [-0.15, -0.1) is 0 Å². The Morgan fingerprint density at radius 2 is 2.05 bits per heavy atom. The third-order valence-electron chi connectivity index (χ3n) is 3.89. The monoisotopic (exact) mass is 280 g/mol. The SMILES string of the molecule is COc1cc([C@H]2OC[C@@H]3C(=O)OC[C@@H]32)cc(O)c1OC. The number of phenols is 1. The molecule has 0 aliphatic carbocycles. The van der Waals surface area contributed by atoms with Crippen LogP contribution in [0.3, 0.4) is 0 Å². The molecule has 0 spiro atoms. The highest BCUT2D eigenvalue weighted by atomic mass is 16.6. The number of benzene rings is 1. The van der Waals surface area contributed by atoms with Crippen LogP contribution in [0, 0.1) is 11.8 Å². The fourth-order valence-corrected chi connectivity index (χ4v) is 2.87. The second kappa shape index (κ2) is 4.86. The first-order valence-corrected chi connectivity index (χ1v) is 6.38. The quantitative estimate of drug-likeness (QED) is 0.840. The normalized spacial score (nSPS) is 28.1. The maximum Gasteiger partial charge on any atom is 0.311 e. The smallest absolute Gasteiger partial charge is 0.311 e. The highest BCUT2D eigenvalue weighted by Gasteiger charge is 2.48. The average Bonchev–Trinajstić information content (AvgIpc) is 3.01. The van der Waals surface area contributed by atoms with E-state index in [4.69, 9.17) is 18.9 Å². The molecular weight excluding hydrogens is 264 g/mol. The fraction of sp³-hybridized carbons (Fsp3) is 0.500. The van der Waals surface area contributed by atoms with Gasteiger partial charge >= 0.3 is 5.97 Å². The van der Waals surface area contributed by atoms with Crippen molar-refractivity contribution in [1.82, 2.24) is 0 Å². The molecule has 1 aromatic rings. The van der Waals surface area contributed by atoms with Crippen molar-refractivity contribution in [2.45, 2.75) is 6.10 Å². The van der Waals surface area contributed by atoms with E-state index < -0.39 is 0 Å². The summed E-state index contributed by atoms with van der Waals surface area (Å²) in [4.78, 5) is 11.5. The molecule has 0 radical (unpaired) electrons. The minimum atomic E-state index is -0.280. The van der Waals surface area contributed by atoms with Gasteiger partial charge in [-0.1, -0.05) is 0 Å². The van der Waals surface area contributed by atoms with Crippen molar-refractivity contribution < 1.29 is 28.8 Å². The average molecular weight is 280 g/mol. The molecule has 2 heterocycles. The molecule has 2 fully saturated rings. The lowest BCUT2D eigenvalue weighted by atomic mass is 9.90. The summed E-state index contributed by atoms with van der Waals surface area (Å²) < 4.78 is 21.1. The Bertz CT molecular complexity index is 541. The van der Waals surface area contributed by atoms with Crippen molar-refractivity contribution in [3.05, 3.63) is 17.7 Å². The van der Waals surface area contributed by atoms with Crippen LogP contribution in [-0.2, 0) is 14.3 Å². The zero-order valence-corrected chi connectivity index (χ0v) is 11.3. The number of carbonyl (C=O) groups is 1. The van der Waals surface area contributed by atoms with Crippen LogP contribution in [0.15, 0.2) is 12.1 Å². The number of esters is 1. The second-order valence-electron chi connectivity index (χ2n) is 4.93. The molecule has 0 unspecified atom stereocenters. The Morgan fingerprint density at radius 1 is 1.25 bits per heavy atom. The van der Waals surface area contributed by atoms with Crippen LogP contribution >= 0.6 is 0 Å². The van der Waals surface area contributed by atoms with Crippen molar-refractivity contribution in [3.63, 3.8) is 0 Å². The predicted octanol–water partition coefficient (Wildman–Crippen LogP) is 1.27. The predicted molar refractivity (Wildman–Crippen MR) is 67.8 cm³/mol. The molecule has 1 N–H and O–H groups in total. The van der Waals surface area contributed by atoms with E-state index in [0.29, 0.717) is 19.0 Å². The number of carbonyl (C=O) groups excluding carboxylic acids is 1. The summed E-state index contributed by atoms with van der Waals surface area (Å²) in [7, 11) is 2.96. The van der Waals surface area contributed by atoms with Gasteiger partial charge in [0.25, 0.3) is 0 Å². The lowest BCUT2D eigenvalue weighted by molar-refractivity contribution is -0.142. The first-order valence-electron chi connectivity index (χ1n) is 6.38. The summed E-state index contributed by atoms with van der Waals surface area (Å²) in [5.74, 6) is 0.265. The summed E-state index contributed by atoms with van der Waals surface area (Å²) in [6.07, 6.45) is -0.280. The number of rotatable bonds is 3. The zero-order valence-electron chi connectivity index (χ0n) is 11.3. The van der Waals surface area contributed by atoms with E-state index >= 15 is 0 Å².